The number of nitrogens with one attached hydrogen (secondary N) is 1. The molecule has 1 aliphatic carbocycles. The maximum absolute atomic E-state index is 13.8. The van der Waals surface area contributed by atoms with Crippen LogP contribution in [-0.4, -0.2) is 39.3 Å². The van der Waals surface area contributed by atoms with Crippen molar-refractivity contribution in [3.05, 3.63) is 101 Å². The molecule has 7 nitrogen and oxygen atoms in total. The smallest absolute Gasteiger partial charge is 0.450 e. The van der Waals surface area contributed by atoms with Crippen molar-refractivity contribution in [2.45, 2.75) is 51.4 Å². The summed E-state index contributed by atoms with van der Waals surface area (Å²) in [6.45, 7) is 1.88. The minimum Gasteiger partial charge on any atom is -0.450 e. The number of amides is 2. The first-order valence-corrected chi connectivity index (χ1v) is 13.3. The van der Waals surface area contributed by atoms with Gasteiger partial charge in [-0.25, -0.2) is 4.79 Å². The van der Waals surface area contributed by atoms with E-state index in [2.05, 4.69) is 5.32 Å². The Morgan fingerprint density at radius 3 is 2.24 bits per heavy atom. The van der Waals surface area contributed by atoms with Crippen molar-refractivity contribution >= 4 is 23.7 Å². The molecule has 2 atom stereocenters. The number of fused-ring (bicyclic) bond motifs is 1. The summed E-state index contributed by atoms with van der Waals surface area (Å²) in [5.74, 6) is -3.37. The maximum atomic E-state index is 13.8. The van der Waals surface area contributed by atoms with E-state index in [4.69, 9.17) is 15.0 Å². The Morgan fingerprint density at radius 1 is 0.976 bits per heavy atom. The summed E-state index contributed by atoms with van der Waals surface area (Å²) in [5, 5.41) is 16.7. The zero-order chi connectivity index (χ0) is 29.7. The summed E-state index contributed by atoms with van der Waals surface area (Å²) >= 11 is 0. The molecule has 0 saturated heterocycles. The fourth-order valence-corrected chi connectivity index (χ4v) is 5.00. The number of hydrogen-bond acceptors (Lipinski definition) is 3. The molecule has 1 aliphatic heterocycles. The molecule has 0 unspecified atom stereocenters. The SMILES string of the molecule is C[C@@H]([C@@H](C(=O)Nc1cccc(CC2CC2)c1)c1ccc(CN2Cc3ccccc3C2=O)cc1)C(F)(F)F.O=C(O)O. The van der Waals surface area contributed by atoms with Gasteiger partial charge in [0.1, 0.15) is 0 Å². The lowest BCUT2D eigenvalue weighted by atomic mass is 9.85. The third-order valence-corrected chi connectivity index (χ3v) is 7.32. The Kier molecular flexibility index (Phi) is 9.00. The number of carboxylic acid groups (broad SMARTS) is 2. The highest BCUT2D eigenvalue weighted by molar-refractivity contribution is 5.98. The number of halogens is 3. The normalized spacial score (nSPS) is 15.8. The standard InChI is InChI=1S/C30H29F3N2O2.CH2O3/c1-19(30(31,32)33)27(28(36)34-25-7-4-5-22(16-25)15-20-9-10-20)23-13-11-21(12-14-23)17-35-18-24-6-2-3-8-26(24)29(35)37;2-1(3)4/h2-8,11-14,16,19-20,27H,9-10,15,17-18H2,1H3,(H,34,36);(H2,2,3,4)/t19-,27+;/m0./s1. The van der Waals surface area contributed by atoms with Crippen LogP contribution < -0.4 is 5.32 Å². The molecule has 0 spiro atoms. The molecule has 2 aliphatic rings. The number of alkyl halides is 3. The molecule has 0 radical (unpaired) electrons. The Balaban J connectivity index is 0.000000909. The summed E-state index contributed by atoms with van der Waals surface area (Å²) in [7, 11) is 0. The van der Waals surface area contributed by atoms with Gasteiger partial charge in [-0.2, -0.15) is 13.2 Å². The van der Waals surface area contributed by atoms with E-state index in [-0.39, 0.29) is 11.5 Å². The molecule has 3 N–H and O–H groups in total. The average Bonchev–Trinajstić information content (AvgIpc) is 3.67. The Hall–Kier alpha value is -4.34. The quantitative estimate of drug-likeness (QED) is 0.273. The van der Waals surface area contributed by atoms with Crippen LogP contribution in [0.25, 0.3) is 0 Å². The lowest BCUT2D eigenvalue weighted by Crippen LogP contribution is -2.34. The maximum Gasteiger partial charge on any atom is 0.503 e. The van der Waals surface area contributed by atoms with Gasteiger partial charge in [0.25, 0.3) is 5.91 Å². The van der Waals surface area contributed by atoms with Crippen LogP contribution in [-0.2, 0) is 24.3 Å². The molecule has 0 aromatic heterocycles. The molecule has 41 heavy (non-hydrogen) atoms. The predicted molar refractivity (Wildman–Crippen MR) is 147 cm³/mol. The molecule has 10 heteroatoms. The molecule has 2 amide bonds. The Bertz CT molecular complexity index is 1400. The van der Waals surface area contributed by atoms with Gasteiger partial charge in [-0.15, -0.1) is 0 Å². The lowest BCUT2D eigenvalue weighted by Gasteiger charge is -2.26. The zero-order valence-electron chi connectivity index (χ0n) is 22.4. The molecule has 216 valence electrons. The first-order valence-electron chi connectivity index (χ1n) is 13.3. The highest BCUT2D eigenvalue weighted by Crippen LogP contribution is 2.39. The van der Waals surface area contributed by atoms with Crippen LogP contribution in [0.15, 0.2) is 72.8 Å². The number of benzene rings is 3. The number of rotatable bonds is 8. The summed E-state index contributed by atoms with van der Waals surface area (Å²) in [5.41, 5.74) is 4.29. The minimum absolute atomic E-state index is 0.0634. The second kappa shape index (κ2) is 12.4. The fraction of sp³-hybridized carbons (Fsp3) is 0.323. The number of anilines is 1. The topological polar surface area (TPSA) is 107 Å². The second-order valence-corrected chi connectivity index (χ2v) is 10.5. The molecular weight excluding hydrogens is 537 g/mol. The van der Waals surface area contributed by atoms with Crippen molar-refractivity contribution in [1.82, 2.24) is 4.90 Å². The largest absolute Gasteiger partial charge is 0.503 e. The van der Waals surface area contributed by atoms with E-state index in [1.165, 1.54) is 12.8 Å². The van der Waals surface area contributed by atoms with Crippen LogP contribution in [0.4, 0.5) is 23.7 Å². The van der Waals surface area contributed by atoms with Gasteiger partial charge in [0.15, 0.2) is 0 Å². The van der Waals surface area contributed by atoms with Crippen LogP contribution in [0, 0.1) is 11.8 Å². The third kappa shape index (κ3) is 7.87. The van der Waals surface area contributed by atoms with Crippen molar-refractivity contribution in [2.24, 2.45) is 11.8 Å². The van der Waals surface area contributed by atoms with E-state index < -0.39 is 30.1 Å². The van der Waals surface area contributed by atoms with Gasteiger partial charge in [-0.05, 0) is 65.6 Å². The van der Waals surface area contributed by atoms with E-state index in [0.29, 0.717) is 30.3 Å². The molecule has 3 aromatic carbocycles. The van der Waals surface area contributed by atoms with Gasteiger partial charge in [0.05, 0.1) is 11.8 Å². The van der Waals surface area contributed by atoms with Gasteiger partial charge in [0.2, 0.25) is 5.91 Å². The van der Waals surface area contributed by atoms with E-state index in [0.717, 1.165) is 30.0 Å². The molecule has 1 fully saturated rings. The van der Waals surface area contributed by atoms with Crippen molar-refractivity contribution < 1.29 is 37.8 Å². The van der Waals surface area contributed by atoms with E-state index in [1.54, 1.807) is 41.3 Å². The molecule has 1 saturated carbocycles. The predicted octanol–water partition coefficient (Wildman–Crippen LogP) is 6.94. The Morgan fingerprint density at radius 2 is 1.63 bits per heavy atom. The molecule has 1 heterocycles. The van der Waals surface area contributed by atoms with Gasteiger partial charge in [-0.3, -0.25) is 9.59 Å². The molecule has 0 bridgehead atoms. The van der Waals surface area contributed by atoms with E-state index in [1.807, 2.05) is 36.4 Å². The highest BCUT2D eigenvalue weighted by Gasteiger charge is 2.45. The van der Waals surface area contributed by atoms with Crippen LogP contribution in [0.3, 0.4) is 0 Å². The van der Waals surface area contributed by atoms with Gasteiger partial charge < -0.3 is 20.4 Å². The summed E-state index contributed by atoms with van der Waals surface area (Å²) in [6, 6.07) is 21.3. The number of carbonyl (C=O) groups is 3. The van der Waals surface area contributed by atoms with E-state index >= 15 is 0 Å². The summed E-state index contributed by atoms with van der Waals surface area (Å²) in [4.78, 5) is 36.1. The van der Waals surface area contributed by atoms with Crippen LogP contribution >= 0.6 is 0 Å². The van der Waals surface area contributed by atoms with Crippen molar-refractivity contribution in [3.8, 4) is 0 Å². The first kappa shape index (κ1) is 29.6. The van der Waals surface area contributed by atoms with Crippen molar-refractivity contribution in [2.75, 3.05) is 5.32 Å². The minimum atomic E-state index is -4.54. The van der Waals surface area contributed by atoms with Gasteiger partial charge in [0, 0.05) is 24.3 Å². The second-order valence-electron chi connectivity index (χ2n) is 10.5. The van der Waals surface area contributed by atoms with Crippen molar-refractivity contribution in [1.29, 1.82) is 0 Å². The van der Waals surface area contributed by atoms with Crippen LogP contribution in [0.2, 0.25) is 0 Å². The monoisotopic (exact) mass is 568 g/mol. The molecular formula is C31H31F3N2O5. The lowest BCUT2D eigenvalue weighted by molar-refractivity contribution is -0.178. The summed E-state index contributed by atoms with van der Waals surface area (Å²) < 4.78 is 41.4. The highest BCUT2D eigenvalue weighted by atomic mass is 19.4. The summed E-state index contributed by atoms with van der Waals surface area (Å²) in [6.07, 6.45) is -3.08. The molecule has 5 rings (SSSR count). The zero-order valence-corrected chi connectivity index (χ0v) is 22.4. The van der Waals surface area contributed by atoms with Gasteiger partial charge >= 0.3 is 12.3 Å². The Labute approximate surface area is 235 Å². The van der Waals surface area contributed by atoms with Crippen molar-refractivity contribution in [3.63, 3.8) is 0 Å². The van der Waals surface area contributed by atoms with E-state index in [9.17, 15) is 22.8 Å². The van der Waals surface area contributed by atoms with Crippen LogP contribution in [0.1, 0.15) is 58.3 Å². The number of hydrogen-bond donors (Lipinski definition) is 3. The number of nitrogens with zero attached hydrogens (tertiary/aromatic N) is 1. The van der Waals surface area contributed by atoms with Gasteiger partial charge in [-0.1, -0.05) is 61.5 Å². The van der Waals surface area contributed by atoms with Crippen LogP contribution in [0.5, 0.6) is 0 Å². The first-order chi connectivity index (χ1) is 19.4. The average molecular weight is 569 g/mol. The number of carbonyl (C=O) groups excluding carboxylic acids is 2. The molecule has 3 aromatic rings. The third-order valence-electron chi connectivity index (χ3n) is 7.32. The fourth-order valence-electron chi connectivity index (χ4n) is 5.00.